The number of hydrogen-bond donors (Lipinski definition) is 1. The Kier molecular flexibility index (Phi) is 5.99. The fraction of sp³-hybridized carbons (Fsp3) is 0.706. The number of rotatable bonds is 7. The van der Waals surface area contributed by atoms with Gasteiger partial charge in [0.2, 0.25) is 0 Å². The zero-order chi connectivity index (χ0) is 16.3. The predicted molar refractivity (Wildman–Crippen MR) is 90.0 cm³/mol. The number of aliphatic carboxylic acids is 1. The van der Waals surface area contributed by atoms with Crippen molar-refractivity contribution in [3.05, 3.63) is 24.3 Å². The molecule has 0 amide bonds. The highest BCUT2D eigenvalue weighted by Crippen LogP contribution is 2.43. The first-order chi connectivity index (χ1) is 9.69. The van der Waals surface area contributed by atoms with E-state index in [4.69, 9.17) is 4.43 Å². The third-order valence-electron chi connectivity index (χ3n) is 4.77. The second kappa shape index (κ2) is 6.92. The molecular weight excluding hydrogens is 280 g/mol. The molecule has 0 bridgehead atoms. The zero-order valence-corrected chi connectivity index (χ0v) is 15.2. The van der Waals surface area contributed by atoms with E-state index in [1.54, 1.807) is 12.2 Å². The topological polar surface area (TPSA) is 46.5 Å². The SMILES string of the molecule is CC(C)[Si](OCC1(C(=O)O)C=CCC=C1)(C(C)C)C(C)C. The second-order valence-electron chi connectivity index (χ2n) is 6.99. The Labute approximate surface area is 130 Å². The van der Waals surface area contributed by atoms with Crippen LogP contribution in [0.25, 0.3) is 0 Å². The maximum atomic E-state index is 11.7. The van der Waals surface area contributed by atoms with E-state index in [0.717, 1.165) is 6.42 Å². The molecule has 1 aliphatic rings. The van der Waals surface area contributed by atoms with Crippen LogP contribution in [0.1, 0.15) is 48.0 Å². The molecule has 1 rings (SSSR count). The van der Waals surface area contributed by atoms with E-state index in [1.165, 1.54) is 0 Å². The Morgan fingerprint density at radius 1 is 1.10 bits per heavy atom. The van der Waals surface area contributed by atoms with Gasteiger partial charge >= 0.3 is 5.97 Å². The van der Waals surface area contributed by atoms with Crippen molar-refractivity contribution in [3.63, 3.8) is 0 Å². The van der Waals surface area contributed by atoms with Crippen LogP contribution in [0.2, 0.25) is 16.6 Å². The van der Waals surface area contributed by atoms with Gasteiger partial charge in [0.15, 0.2) is 8.32 Å². The summed E-state index contributed by atoms with van der Waals surface area (Å²) < 4.78 is 6.47. The van der Waals surface area contributed by atoms with Gasteiger partial charge in [-0.3, -0.25) is 4.79 Å². The number of allylic oxidation sites excluding steroid dienone is 2. The summed E-state index contributed by atoms with van der Waals surface area (Å²) >= 11 is 0. The third-order valence-corrected chi connectivity index (χ3v) is 10.8. The average Bonchev–Trinajstić information content (AvgIpc) is 2.39. The van der Waals surface area contributed by atoms with E-state index in [1.807, 2.05) is 12.2 Å². The number of carboxylic acid groups (broad SMARTS) is 1. The van der Waals surface area contributed by atoms with E-state index in [2.05, 4.69) is 41.5 Å². The Balaban J connectivity index is 3.05. The summed E-state index contributed by atoms with van der Waals surface area (Å²) in [7, 11) is -2.04. The molecule has 1 N–H and O–H groups in total. The Morgan fingerprint density at radius 3 is 1.86 bits per heavy atom. The van der Waals surface area contributed by atoms with Gasteiger partial charge in [-0.15, -0.1) is 0 Å². The summed E-state index contributed by atoms with van der Waals surface area (Å²) in [6, 6.07) is 0. The van der Waals surface area contributed by atoms with Gasteiger partial charge in [0, 0.05) is 0 Å². The number of carbonyl (C=O) groups is 1. The molecule has 0 unspecified atom stereocenters. The van der Waals surface area contributed by atoms with Crippen LogP contribution < -0.4 is 0 Å². The summed E-state index contributed by atoms with van der Waals surface area (Å²) in [5, 5.41) is 9.63. The lowest BCUT2D eigenvalue weighted by molar-refractivity contribution is -0.145. The van der Waals surface area contributed by atoms with Gasteiger partial charge in [-0.25, -0.2) is 0 Å². The van der Waals surface area contributed by atoms with Gasteiger partial charge in [0.05, 0.1) is 6.61 Å². The minimum absolute atomic E-state index is 0.246. The van der Waals surface area contributed by atoms with Crippen LogP contribution in [0, 0.1) is 5.41 Å². The molecule has 4 heteroatoms. The largest absolute Gasteiger partial charge is 0.480 e. The van der Waals surface area contributed by atoms with Gasteiger partial charge in [-0.05, 0) is 23.0 Å². The molecule has 3 nitrogen and oxygen atoms in total. The molecule has 0 fully saturated rings. The van der Waals surface area contributed by atoms with Crippen molar-refractivity contribution in [1.82, 2.24) is 0 Å². The van der Waals surface area contributed by atoms with Gasteiger partial charge in [0.25, 0.3) is 0 Å². The highest BCUT2D eigenvalue weighted by molar-refractivity contribution is 6.77. The van der Waals surface area contributed by atoms with Crippen molar-refractivity contribution in [2.75, 3.05) is 6.61 Å². The van der Waals surface area contributed by atoms with Crippen LogP contribution in [0.3, 0.4) is 0 Å². The summed E-state index contributed by atoms with van der Waals surface area (Å²) in [6.45, 7) is 13.5. The molecule has 0 radical (unpaired) electrons. The Bertz CT molecular complexity index is 388. The summed E-state index contributed by atoms with van der Waals surface area (Å²) in [4.78, 5) is 11.7. The highest BCUT2D eigenvalue weighted by atomic mass is 28.4. The lowest BCUT2D eigenvalue weighted by Crippen LogP contribution is -2.50. The molecule has 0 saturated carbocycles. The lowest BCUT2D eigenvalue weighted by Gasteiger charge is -2.43. The van der Waals surface area contributed by atoms with Gasteiger partial charge in [-0.2, -0.15) is 0 Å². The van der Waals surface area contributed by atoms with Crippen LogP contribution in [0.15, 0.2) is 24.3 Å². The molecule has 21 heavy (non-hydrogen) atoms. The quantitative estimate of drug-likeness (QED) is 0.544. The predicted octanol–water partition coefficient (Wildman–Crippen LogP) is 4.77. The molecule has 0 aromatic rings. The number of hydrogen-bond acceptors (Lipinski definition) is 2. The summed E-state index contributed by atoms with van der Waals surface area (Å²) in [6.07, 6.45) is 8.21. The first kappa shape index (κ1) is 18.2. The van der Waals surface area contributed by atoms with Crippen LogP contribution in [-0.4, -0.2) is 26.0 Å². The fourth-order valence-corrected chi connectivity index (χ4v) is 9.22. The van der Waals surface area contributed by atoms with E-state index < -0.39 is 19.7 Å². The van der Waals surface area contributed by atoms with E-state index in [-0.39, 0.29) is 6.61 Å². The standard InChI is InChI=1S/C17H30O3Si/c1-13(2)21(14(3)4,15(5)6)20-12-17(16(18)19)10-8-7-9-11-17/h8-11,13-15H,7,12H2,1-6H3,(H,18,19). The van der Waals surface area contributed by atoms with Gasteiger partial charge < -0.3 is 9.53 Å². The molecule has 0 heterocycles. The highest BCUT2D eigenvalue weighted by Gasteiger charge is 2.47. The van der Waals surface area contributed by atoms with Crippen LogP contribution in [0.4, 0.5) is 0 Å². The molecule has 0 aromatic carbocycles. The first-order valence-electron chi connectivity index (χ1n) is 7.91. The van der Waals surface area contributed by atoms with Gasteiger partial charge in [-0.1, -0.05) is 65.8 Å². The van der Waals surface area contributed by atoms with Crippen LogP contribution in [0.5, 0.6) is 0 Å². The lowest BCUT2D eigenvalue weighted by atomic mass is 9.85. The van der Waals surface area contributed by atoms with E-state index in [9.17, 15) is 9.90 Å². The molecule has 0 aliphatic heterocycles. The molecule has 0 saturated heterocycles. The average molecular weight is 311 g/mol. The second-order valence-corrected chi connectivity index (χ2v) is 12.5. The minimum atomic E-state index is -2.04. The molecule has 0 spiro atoms. The zero-order valence-electron chi connectivity index (χ0n) is 14.2. The smallest absolute Gasteiger partial charge is 0.319 e. The Morgan fingerprint density at radius 2 is 1.52 bits per heavy atom. The minimum Gasteiger partial charge on any atom is -0.480 e. The molecular formula is C17H30O3Si. The molecule has 0 atom stereocenters. The van der Waals surface area contributed by atoms with E-state index in [0.29, 0.717) is 16.6 Å². The van der Waals surface area contributed by atoms with Crippen LogP contribution >= 0.6 is 0 Å². The third kappa shape index (κ3) is 3.48. The van der Waals surface area contributed by atoms with Crippen molar-refractivity contribution in [1.29, 1.82) is 0 Å². The monoisotopic (exact) mass is 310 g/mol. The Hall–Kier alpha value is -0.873. The van der Waals surface area contributed by atoms with Crippen molar-refractivity contribution in [2.24, 2.45) is 5.41 Å². The molecule has 0 aromatic heterocycles. The maximum Gasteiger partial charge on any atom is 0.319 e. The van der Waals surface area contributed by atoms with Crippen molar-refractivity contribution >= 4 is 14.3 Å². The maximum absolute atomic E-state index is 11.7. The van der Waals surface area contributed by atoms with Crippen molar-refractivity contribution in [3.8, 4) is 0 Å². The number of carboxylic acids is 1. The first-order valence-corrected chi connectivity index (χ1v) is 10.1. The van der Waals surface area contributed by atoms with Crippen LogP contribution in [-0.2, 0) is 9.22 Å². The van der Waals surface area contributed by atoms with E-state index >= 15 is 0 Å². The summed E-state index contributed by atoms with van der Waals surface area (Å²) in [5.74, 6) is -0.825. The molecule has 1 aliphatic carbocycles. The molecule has 120 valence electrons. The normalized spacial score (nSPS) is 18.0. The fourth-order valence-electron chi connectivity index (χ4n) is 3.74. The van der Waals surface area contributed by atoms with Crippen molar-refractivity contribution < 1.29 is 14.3 Å². The summed E-state index contributed by atoms with van der Waals surface area (Å²) in [5.41, 5.74) is 0.384. The van der Waals surface area contributed by atoms with Crippen molar-refractivity contribution in [2.45, 2.75) is 64.6 Å². The van der Waals surface area contributed by atoms with Gasteiger partial charge in [0.1, 0.15) is 5.41 Å².